The number of hydrogen-bond acceptors (Lipinski definition) is 4. The first-order valence-electron chi connectivity index (χ1n) is 5.56. The largest absolute Gasteiger partial charge is 0.463 e. The summed E-state index contributed by atoms with van der Waals surface area (Å²) in [5.41, 5.74) is 8.25. The minimum atomic E-state index is 0.563. The monoisotopic (exact) mass is 240 g/mol. The number of aryl methyl sites for hydroxylation is 1. The Morgan fingerprint density at radius 2 is 2.22 bits per heavy atom. The third-order valence-electron chi connectivity index (χ3n) is 2.63. The Balaban J connectivity index is 2.08. The summed E-state index contributed by atoms with van der Waals surface area (Å²) in [6, 6.07) is 7.51. The molecule has 0 spiro atoms. The number of furan rings is 1. The first kappa shape index (κ1) is 10.6. The number of nitrogens with two attached hydrogens (primary N) is 1. The van der Waals surface area contributed by atoms with E-state index in [1.54, 1.807) is 29.4 Å². The van der Waals surface area contributed by atoms with Crippen molar-refractivity contribution >= 4 is 5.69 Å². The summed E-state index contributed by atoms with van der Waals surface area (Å²) in [5.74, 6) is 1.39. The van der Waals surface area contributed by atoms with E-state index in [0.29, 0.717) is 17.1 Å². The number of aromatic nitrogens is 3. The molecular formula is C13H12N4O. The SMILES string of the molecule is Cc1ccnc(-n2cc(N)c(-c3ccco3)n2)c1. The van der Waals surface area contributed by atoms with Gasteiger partial charge in [0.2, 0.25) is 0 Å². The minimum absolute atomic E-state index is 0.563. The van der Waals surface area contributed by atoms with Gasteiger partial charge in [0.1, 0.15) is 0 Å². The second-order valence-electron chi connectivity index (χ2n) is 4.05. The van der Waals surface area contributed by atoms with Crippen molar-refractivity contribution in [1.29, 1.82) is 0 Å². The molecule has 3 aromatic rings. The van der Waals surface area contributed by atoms with Crippen molar-refractivity contribution < 1.29 is 4.42 Å². The molecule has 0 radical (unpaired) electrons. The molecule has 0 bridgehead atoms. The lowest BCUT2D eigenvalue weighted by Gasteiger charge is -2.00. The third-order valence-corrected chi connectivity index (χ3v) is 2.63. The predicted molar refractivity (Wildman–Crippen MR) is 68.2 cm³/mol. The number of anilines is 1. The van der Waals surface area contributed by atoms with Crippen LogP contribution in [0.25, 0.3) is 17.3 Å². The number of hydrogen-bond donors (Lipinski definition) is 1. The van der Waals surface area contributed by atoms with Crippen LogP contribution in [0.3, 0.4) is 0 Å². The van der Waals surface area contributed by atoms with Crippen LogP contribution in [-0.4, -0.2) is 14.8 Å². The number of nitrogen functional groups attached to an aromatic ring is 1. The summed E-state index contributed by atoms with van der Waals surface area (Å²) in [6.07, 6.45) is 5.08. The van der Waals surface area contributed by atoms with Gasteiger partial charge in [0.05, 0.1) is 18.1 Å². The molecular weight excluding hydrogens is 228 g/mol. The van der Waals surface area contributed by atoms with Crippen LogP contribution in [0.15, 0.2) is 47.3 Å². The van der Waals surface area contributed by atoms with Crippen molar-refractivity contribution in [2.45, 2.75) is 6.92 Å². The standard InChI is InChI=1S/C13H12N4O/c1-9-4-5-15-12(7-9)17-8-10(14)13(16-17)11-3-2-6-18-11/h2-8H,14H2,1H3. The van der Waals surface area contributed by atoms with Gasteiger partial charge in [0, 0.05) is 6.20 Å². The Bertz CT molecular complexity index is 670. The predicted octanol–water partition coefficient (Wildman–Crippen LogP) is 2.42. The average molecular weight is 240 g/mol. The lowest BCUT2D eigenvalue weighted by atomic mass is 10.3. The summed E-state index contributed by atoms with van der Waals surface area (Å²) in [4.78, 5) is 4.26. The van der Waals surface area contributed by atoms with E-state index >= 15 is 0 Å². The van der Waals surface area contributed by atoms with E-state index in [-0.39, 0.29) is 0 Å². The molecule has 0 unspecified atom stereocenters. The summed E-state index contributed by atoms with van der Waals surface area (Å²) in [6.45, 7) is 2.01. The van der Waals surface area contributed by atoms with Crippen molar-refractivity contribution in [3.8, 4) is 17.3 Å². The van der Waals surface area contributed by atoms with Crippen LogP contribution in [0.4, 0.5) is 5.69 Å². The van der Waals surface area contributed by atoms with E-state index in [1.165, 1.54) is 0 Å². The summed E-state index contributed by atoms with van der Waals surface area (Å²) < 4.78 is 6.95. The van der Waals surface area contributed by atoms with E-state index in [0.717, 1.165) is 11.4 Å². The normalized spacial score (nSPS) is 10.7. The molecule has 90 valence electrons. The van der Waals surface area contributed by atoms with Gasteiger partial charge in [0.25, 0.3) is 0 Å². The summed E-state index contributed by atoms with van der Waals surface area (Å²) in [7, 11) is 0. The highest BCUT2D eigenvalue weighted by atomic mass is 16.3. The van der Waals surface area contributed by atoms with Gasteiger partial charge in [-0.2, -0.15) is 5.10 Å². The van der Waals surface area contributed by atoms with Gasteiger partial charge in [-0.3, -0.25) is 0 Å². The second-order valence-corrected chi connectivity index (χ2v) is 4.05. The van der Waals surface area contributed by atoms with Crippen molar-refractivity contribution in [2.24, 2.45) is 0 Å². The molecule has 0 aliphatic rings. The third kappa shape index (κ3) is 1.75. The van der Waals surface area contributed by atoms with Crippen molar-refractivity contribution in [2.75, 3.05) is 5.73 Å². The second kappa shape index (κ2) is 4.03. The van der Waals surface area contributed by atoms with Gasteiger partial charge in [-0.25, -0.2) is 9.67 Å². The van der Waals surface area contributed by atoms with Crippen LogP contribution in [-0.2, 0) is 0 Å². The molecule has 5 nitrogen and oxygen atoms in total. The van der Waals surface area contributed by atoms with Crippen LogP contribution < -0.4 is 5.73 Å². The van der Waals surface area contributed by atoms with E-state index in [1.807, 2.05) is 25.1 Å². The summed E-state index contributed by atoms with van der Waals surface area (Å²) in [5, 5.41) is 4.40. The van der Waals surface area contributed by atoms with Crippen LogP contribution in [0.5, 0.6) is 0 Å². The van der Waals surface area contributed by atoms with Gasteiger partial charge in [-0.05, 0) is 36.8 Å². The highest BCUT2D eigenvalue weighted by Gasteiger charge is 2.12. The molecule has 0 amide bonds. The fraction of sp³-hybridized carbons (Fsp3) is 0.0769. The Morgan fingerprint density at radius 1 is 1.33 bits per heavy atom. The topological polar surface area (TPSA) is 69.9 Å². The molecule has 3 aromatic heterocycles. The average Bonchev–Trinajstić information content (AvgIpc) is 2.97. The maximum absolute atomic E-state index is 5.94. The van der Waals surface area contributed by atoms with Gasteiger partial charge < -0.3 is 10.2 Å². The van der Waals surface area contributed by atoms with Crippen LogP contribution in [0.1, 0.15) is 5.56 Å². The Hall–Kier alpha value is -2.56. The van der Waals surface area contributed by atoms with E-state index in [2.05, 4.69) is 10.1 Å². The molecule has 0 saturated carbocycles. The first-order valence-corrected chi connectivity index (χ1v) is 5.56. The minimum Gasteiger partial charge on any atom is -0.463 e. The molecule has 0 aliphatic heterocycles. The lowest BCUT2D eigenvalue weighted by Crippen LogP contribution is -1.98. The number of rotatable bonds is 2. The van der Waals surface area contributed by atoms with Crippen LogP contribution >= 0.6 is 0 Å². The van der Waals surface area contributed by atoms with Crippen LogP contribution in [0.2, 0.25) is 0 Å². The highest BCUT2D eigenvalue weighted by Crippen LogP contribution is 2.25. The highest BCUT2D eigenvalue weighted by molar-refractivity contribution is 5.68. The van der Waals surface area contributed by atoms with Crippen molar-refractivity contribution in [1.82, 2.24) is 14.8 Å². The Labute approximate surface area is 104 Å². The van der Waals surface area contributed by atoms with Gasteiger partial charge in [0.15, 0.2) is 17.3 Å². The molecule has 3 heterocycles. The van der Waals surface area contributed by atoms with Crippen molar-refractivity contribution in [3.05, 3.63) is 48.5 Å². The zero-order valence-electron chi connectivity index (χ0n) is 9.87. The molecule has 0 aliphatic carbocycles. The molecule has 5 heteroatoms. The molecule has 0 atom stereocenters. The molecule has 0 fully saturated rings. The first-order chi connectivity index (χ1) is 8.74. The Kier molecular flexibility index (Phi) is 2.37. The maximum Gasteiger partial charge on any atom is 0.156 e. The summed E-state index contributed by atoms with van der Waals surface area (Å²) >= 11 is 0. The molecule has 3 rings (SSSR count). The fourth-order valence-electron chi connectivity index (χ4n) is 1.75. The zero-order valence-corrected chi connectivity index (χ0v) is 9.87. The van der Waals surface area contributed by atoms with E-state index < -0.39 is 0 Å². The maximum atomic E-state index is 5.94. The molecule has 2 N–H and O–H groups in total. The quantitative estimate of drug-likeness (QED) is 0.746. The van der Waals surface area contributed by atoms with Gasteiger partial charge in [-0.1, -0.05) is 0 Å². The number of nitrogens with zero attached hydrogens (tertiary/aromatic N) is 3. The van der Waals surface area contributed by atoms with Crippen LogP contribution in [0, 0.1) is 6.92 Å². The molecule has 0 aromatic carbocycles. The number of pyridine rings is 1. The van der Waals surface area contributed by atoms with Crippen molar-refractivity contribution in [3.63, 3.8) is 0 Å². The van der Waals surface area contributed by atoms with E-state index in [9.17, 15) is 0 Å². The van der Waals surface area contributed by atoms with Gasteiger partial charge >= 0.3 is 0 Å². The smallest absolute Gasteiger partial charge is 0.156 e. The van der Waals surface area contributed by atoms with E-state index in [4.69, 9.17) is 10.2 Å². The molecule has 0 saturated heterocycles. The lowest BCUT2D eigenvalue weighted by molar-refractivity contribution is 0.579. The van der Waals surface area contributed by atoms with Gasteiger partial charge in [-0.15, -0.1) is 0 Å². The Morgan fingerprint density at radius 3 is 2.94 bits per heavy atom. The fourth-order valence-corrected chi connectivity index (χ4v) is 1.75. The molecule has 18 heavy (non-hydrogen) atoms. The zero-order chi connectivity index (χ0) is 12.5.